The topological polar surface area (TPSA) is 43.8 Å². The number of nitrogens with two attached hydrogens (primary N) is 1. The summed E-state index contributed by atoms with van der Waals surface area (Å²) in [4.78, 5) is 0. The standard InChI is InChI=1S/C14H15ClF3N3/c1-2-7-21-13(11(15)8-20-21)12(19)9-5-3-4-6-10(9)14(16,17)18/h3-6,8,12H,2,7,19H2,1H3. The average molecular weight is 318 g/mol. The molecule has 0 fully saturated rings. The Morgan fingerprint density at radius 1 is 1.33 bits per heavy atom. The molecular weight excluding hydrogens is 303 g/mol. The van der Waals surface area contributed by atoms with E-state index in [1.165, 1.54) is 24.4 Å². The number of alkyl halides is 3. The normalized spacial score (nSPS) is 13.4. The van der Waals surface area contributed by atoms with E-state index in [4.69, 9.17) is 17.3 Å². The van der Waals surface area contributed by atoms with Crippen LogP contribution in [0.2, 0.25) is 5.02 Å². The van der Waals surface area contributed by atoms with Crippen LogP contribution in [0.4, 0.5) is 13.2 Å². The van der Waals surface area contributed by atoms with E-state index < -0.39 is 17.8 Å². The van der Waals surface area contributed by atoms with Gasteiger partial charge in [0, 0.05) is 6.54 Å². The van der Waals surface area contributed by atoms with Crippen LogP contribution in [0.25, 0.3) is 0 Å². The molecule has 1 unspecified atom stereocenters. The van der Waals surface area contributed by atoms with Crippen LogP contribution in [0, 0.1) is 0 Å². The third-order valence-electron chi connectivity index (χ3n) is 3.16. The second kappa shape index (κ2) is 6.07. The SMILES string of the molecule is CCCn1ncc(Cl)c1C(N)c1ccccc1C(F)(F)F. The fourth-order valence-corrected chi connectivity index (χ4v) is 2.50. The molecule has 3 nitrogen and oxygen atoms in total. The zero-order chi connectivity index (χ0) is 15.6. The third kappa shape index (κ3) is 3.22. The molecule has 0 aliphatic heterocycles. The van der Waals surface area contributed by atoms with Gasteiger partial charge in [-0.05, 0) is 18.1 Å². The molecule has 0 amide bonds. The van der Waals surface area contributed by atoms with Gasteiger partial charge in [-0.2, -0.15) is 18.3 Å². The van der Waals surface area contributed by atoms with Crippen molar-refractivity contribution >= 4 is 11.6 Å². The van der Waals surface area contributed by atoms with Crippen LogP contribution < -0.4 is 5.73 Å². The fourth-order valence-electron chi connectivity index (χ4n) is 2.24. The van der Waals surface area contributed by atoms with Gasteiger partial charge in [0.25, 0.3) is 0 Å². The lowest BCUT2D eigenvalue weighted by Gasteiger charge is -2.19. The predicted octanol–water partition coefficient (Wildman–Crippen LogP) is 4.01. The van der Waals surface area contributed by atoms with E-state index >= 15 is 0 Å². The molecule has 1 aromatic heterocycles. The molecule has 0 radical (unpaired) electrons. The van der Waals surface area contributed by atoms with Gasteiger partial charge < -0.3 is 5.73 Å². The zero-order valence-electron chi connectivity index (χ0n) is 11.4. The van der Waals surface area contributed by atoms with E-state index in [0.717, 1.165) is 12.5 Å². The van der Waals surface area contributed by atoms with Crippen molar-refractivity contribution in [3.63, 3.8) is 0 Å². The molecule has 0 spiro atoms. The van der Waals surface area contributed by atoms with Crippen LogP contribution >= 0.6 is 11.6 Å². The molecule has 1 atom stereocenters. The Labute approximate surface area is 125 Å². The van der Waals surface area contributed by atoms with Gasteiger partial charge in [0.1, 0.15) is 0 Å². The zero-order valence-corrected chi connectivity index (χ0v) is 12.1. The smallest absolute Gasteiger partial charge is 0.319 e. The van der Waals surface area contributed by atoms with Gasteiger partial charge in [0.2, 0.25) is 0 Å². The van der Waals surface area contributed by atoms with Gasteiger partial charge in [-0.25, -0.2) is 0 Å². The number of aromatic nitrogens is 2. The molecule has 0 saturated heterocycles. The Bertz CT molecular complexity index is 622. The van der Waals surface area contributed by atoms with Crippen molar-refractivity contribution in [1.82, 2.24) is 9.78 Å². The second-order valence-electron chi connectivity index (χ2n) is 4.66. The van der Waals surface area contributed by atoms with Crippen molar-refractivity contribution in [3.8, 4) is 0 Å². The van der Waals surface area contributed by atoms with Crippen molar-refractivity contribution in [2.24, 2.45) is 5.73 Å². The number of aryl methyl sites for hydroxylation is 1. The molecule has 1 heterocycles. The molecular formula is C14H15ClF3N3. The number of benzene rings is 1. The Kier molecular flexibility index (Phi) is 4.58. The molecule has 0 aliphatic carbocycles. The minimum Gasteiger partial charge on any atom is -0.319 e. The summed E-state index contributed by atoms with van der Waals surface area (Å²) in [6.45, 7) is 2.48. The highest BCUT2D eigenvalue weighted by atomic mass is 35.5. The predicted molar refractivity (Wildman–Crippen MR) is 75.0 cm³/mol. The molecule has 114 valence electrons. The van der Waals surface area contributed by atoms with E-state index in [2.05, 4.69) is 5.10 Å². The van der Waals surface area contributed by atoms with Crippen molar-refractivity contribution in [2.45, 2.75) is 32.1 Å². The first-order chi connectivity index (χ1) is 9.86. The highest BCUT2D eigenvalue weighted by Gasteiger charge is 2.35. The second-order valence-corrected chi connectivity index (χ2v) is 5.07. The van der Waals surface area contributed by atoms with E-state index in [0.29, 0.717) is 12.2 Å². The number of rotatable bonds is 4. The van der Waals surface area contributed by atoms with Crippen molar-refractivity contribution in [2.75, 3.05) is 0 Å². The van der Waals surface area contributed by atoms with Gasteiger partial charge in [0.15, 0.2) is 0 Å². The lowest BCUT2D eigenvalue weighted by atomic mass is 9.98. The summed E-state index contributed by atoms with van der Waals surface area (Å²) in [5.41, 5.74) is 5.68. The maximum atomic E-state index is 13.1. The first kappa shape index (κ1) is 15.9. The molecule has 2 N–H and O–H groups in total. The quantitative estimate of drug-likeness (QED) is 0.925. The maximum Gasteiger partial charge on any atom is 0.416 e. The van der Waals surface area contributed by atoms with Crippen molar-refractivity contribution < 1.29 is 13.2 Å². The fraction of sp³-hybridized carbons (Fsp3) is 0.357. The van der Waals surface area contributed by atoms with Crippen molar-refractivity contribution in [1.29, 1.82) is 0 Å². The lowest BCUT2D eigenvalue weighted by Crippen LogP contribution is -2.22. The molecule has 0 saturated carbocycles. The first-order valence-electron chi connectivity index (χ1n) is 6.49. The van der Waals surface area contributed by atoms with Gasteiger partial charge >= 0.3 is 6.18 Å². The largest absolute Gasteiger partial charge is 0.416 e. The first-order valence-corrected chi connectivity index (χ1v) is 6.87. The van der Waals surface area contributed by atoms with Crippen LogP contribution in [0.3, 0.4) is 0 Å². The van der Waals surface area contributed by atoms with Crippen LogP contribution in [-0.4, -0.2) is 9.78 Å². The van der Waals surface area contributed by atoms with Crippen LogP contribution in [0.5, 0.6) is 0 Å². The van der Waals surface area contributed by atoms with Crippen LogP contribution in [-0.2, 0) is 12.7 Å². The summed E-state index contributed by atoms with van der Waals surface area (Å²) in [7, 11) is 0. The minimum absolute atomic E-state index is 0.00949. The number of halogens is 4. The molecule has 0 bridgehead atoms. The van der Waals surface area contributed by atoms with Gasteiger partial charge in [-0.3, -0.25) is 4.68 Å². The molecule has 2 aromatic rings. The molecule has 21 heavy (non-hydrogen) atoms. The average Bonchev–Trinajstić information content (AvgIpc) is 2.79. The summed E-state index contributed by atoms with van der Waals surface area (Å²) < 4.78 is 40.8. The van der Waals surface area contributed by atoms with Crippen molar-refractivity contribution in [3.05, 3.63) is 52.3 Å². The van der Waals surface area contributed by atoms with E-state index in [1.54, 1.807) is 4.68 Å². The van der Waals surface area contributed by atoms with Crippen LogP contribution in [0.1, 0.15) is 36.2 Å². The Morgan fingerprint density at radius 3 is 2.62 bits per heavy atom. The number of hydrogen-bond acceptors (Lipinski definition) is 2. The summed E-state index contributed by atoms with van der Waals surface area (Å²) in [6.07, 6.45) is -2.28. The molecule has 1 aromatic carbocycles. The van der Waals surface area contributed by atoms with E-state index in [1.807, 2.05) is 6.92 Å². The Balaban J connectivity index is 2.51. The summed E-state index contributed by atoms with van der Waals surface area (Å²) >= 11 is 6.05. The van der Waals surface area contributed by atoms with Gasteiger partial charge in [-0.1, -0.05) is 36.7 Å². The lowest BCUT2D eigenvalue weighted by molar-refractivity contribution is -0.138. The summed E-state index contributed by atoms with van der Waals surface area (Å²) in [5, 5.41) is 4.34. The van der Waals surface area contributed by atoms with Gasteiger partial charge in [0.05, 0.1) is 28.5 Å². The minimum atomic E-state index is -4.46. The Morgan fingerprint density at radius 2 is 2.00 bits per heavy atom. The molecule has 2 rings (SSSR count). The summed E-state index contributed by atoms with van der Waals surface area (Å²) in [6, 6.07) is 4.27. The van der Waals surface area contributed by atoms with Gasteiger partial charge in [-0.15, -0.1) is 0 Å². The number of nitrogens with zero attached hydrogens (tertiary/aromatic N) is 2. The van der Waals surface area contributed by atoms with E-state index in [-0.39, 0.29) is 10.6 Å². The summed E-state index contributed by atoms with van der Waals surface area (Å²) in [5.74, 6) is 0. The molecule has 7 heteroatoms. The highest BCUT2D eigenvalue weighted by Crippen LogP contribution is 2.37. The molecule has 0 aliphatic rings. The monoisotopic (exact) mass is 317 g/mol. The third-order valence-corrected chi connectivity index (χ3v) is 3.46. The Hall–Kier alpha value is -1.53. The van der Waals surface area contributed by atoms with E-state index in [9.17, 15) is 13.2 Å². The van der Waals surface area contributed by atoms with Crippen LogP contribution in [0.15, 0.2) is 30.5 Å². The maximum absolute atomic E-state index is 13.1. The number of hydrogen-bond donors (Lipinski definition) is 1. The highest BCUT2D eigenvalue weighted by molar-refractivity contribution is 6.31.